The van der Waals surface area contributed by atoms with Crippen LogP contribution in [0.3, 0.4) is 0 Å². The number of aromatic hydroxyl groups is 1. The van der Waals surface area contributed by atoms with Crippen molar-refractivity contribution >= 4 is 49.1 Å². The largest absolute Gasteiger partial charge is 0.503 e. The van der Waals surface area contributed by atoms with Crippen molar-refractivity contribution in [1.29, 1.82) is 0 Å². The van der Waals surface area contributed by atoms with Crippen LogP contribution in [-0.4, -0.2) is 38.1 Å². The minimum atomic E-state index is -4.37. The maximum absolute atomic E-state index is 13.8. The molecule has 1 N–H and O–H groups in total. The number of sulfone groups is 1. The van der Waals surface area contributed by atoms with E-state index in [1.54, 1.807) is 24.3 Å². The third kappa shape index (κ3) is 4.89. The smallest absolute Gasteiger partial charge is 0.271 e. The molecule has 0 bridgehead atoms. The molecule has 1 saturated heterocycles. The molecule has 37 heavy (non-hydrogen) atoms. The zero-order chi connectivity index (χ0) is 26.9. The molecule has 0 aliphatic carbocycles. The summed E-state index contributed by atoms with van der Waals surface area (Å²) in [5.74, 6) is -0.397. The van der Waals surface area contributed by atoms with Gasteiger partial charge in [0, 0.05) is 17.8 Å². The van der Waals surface area contributed by atoms with Crippen molar-refractivity contribution in [2.75, 3.05) is 18.6 Å². The quantitative estimate of drug-likeness (QED) is 0.232. The van der Waals surface area contributed by atoms with Gasteiger partial charge in [-0.3, -0.25) is 19.8 Å². The Labute approximate surface area is 220 Å². The number of carbonyl (C=O) groups excluding carboxylic acids is 1. The van der Waals surface area contributed by atoms with Crippen molar-refractivity contribution in [3.63, 3.8) is 0 Å². The molecule has 0 radical (unpaired) electrons. The molecule has 1 amide bonds. The van der Waals surface area contributed by atoms with Crippen LogP contribution in [0.5, 0.6) is 17.2 Å². The van der Waals surface area contributed by atoms with Crippen molar-refractivity contribution in [3.05, 3.63) is 91.3 Å². The average molecular weight is 589 g/mol. The van der Waals surface area contributed by atoms with E-state index in [0.29, 0.717) is 12.4 Å². The standard InChI is InChI=1S/C25H21BrN2O8S/c1-3-36-19-9-7-17(8-10-19)27-24(30)22(13-15-11-20(26)23(29)21(12-15)35-2)37(33,34)25(27)16-5-4-6-18(14-16)28(31)32/h4-14,25,29H,3H2,1-2H3/b22-13+/t25-/m1/s1. The lowest BCUT2D eigenvalue weighted by molar-refractivity contribution is -0.384. The fourth-order valence-corrected chi connectivity index (χ4v) is 6.32. The minimum Gasteiger partial charge on any atom is -0.503 e. The summed E-state index contributed by atoms with van der Waals surface area (Å²) in [5, 5.41) is 19.9. The van der Waals surface area contributed by atoms with E-state index in [2.05, 4.69) is 15.9 Å². The number of nitrogens with zero attached hydrogens (tertiary/aromatic N) is 2. The Bertz CT molecular complexity index is 1520. The van der Waals surface area contributed by atoms with Crippen LogP contribution in [0.4, 0.5) is 11.4 Å². The summed E-state index contributed by atoms with van der Waals surface area (Å²) in [6.45, 7) is 2.24. The molecule has 0 spiro atoms. The van der Waals surface area contributed by atoms with Gasteiger partial charge in [-0.2, -0.15) is 0 Å². The first-order chi connectivity index (χ1) is 17.6. The van der Waals surface area contributed by atoms with Gasteiger partial charge in [-0.25, -0.2) is 8.42 Å². The van der Waals surface area contributed by atoms with Crippen LogP contribution in [0, 0.1) is 10.1 Å². The highest BCUT2D eigenvalue weighted by Gasteiger charge is 2.50. The highest BCUT2D eigenvalue weighted by Crippen LogP contribution is 2.45. The highest BCUT2D eigenvalue weighted by molar-refractivity contribution is 9.10. The second-order valence-electron chi connectivity index (χ2n) is 7.91. The van der Waals surface area contributed by atoms with Gasteiger partial charge >= 0.3 is 0 Å². The van der Waals surface area contributed by atoms with Crippen molar-refractivity contribution < 1.29 is 32.7 Å². The second kappa shape index (κ2) is 10.2. The van der Waals surface area contributed by atoms with E-state index in [1.807, 2.05) is 6.92 Å². The summed E-state index contributed by atoms with van der Waals surface area (Å²) >= 11 is 3.19. The summed E-state index contributed by atoms with van der Waals surface area (Å²) in [6.07, 6.45) is 1.18. The van der Waals surface area contributed by atoms with Crippen molar-refractivity contribution in [3.8, 4) is 17.2 Å². The number of hydrogen-bond acceptors (Lipinski definition) is 8. The van der Waals surface area contributed by atoms with E-state index in [9.17, 15) is 28.4 Å². The van der Waals surface area contributed by atoms with Gasteiger partial charge in [-0.05, 0) is 76.5 Å². The monoisotopic (exact) mass is 588 g/mol. The van der Waals surface area contributed by atoms with Crippen LogP contribution in [0.1, 0.15) is 23.4 Å². The third-order valence-electron chi connectivity index (χ3n) is 5.63. The first kappa shape index (κ1) is 26.2. The number of methoxy groups -OCH3 is 1. The van der Waals surface area contributed by atoms with Gasteiger partial charge in [-0.1, -0.05) is 12.1 Å². The molecule has 1 atom stereocenters. The number of rotatable bonds is 7. The normalized spacial score (nSPS) is 17.7. The molecule has 1 heterocycles. The molecule has 0 aromatic heterocycles. The van der Waals surface area contributed by atoms with Crippen LogP contribution >= 0.6 is 15.9 Å². The van der Waals surface area contributed by atoms with Gasteiger partial charge in [0.1, 0.15) is 10.7 Å². The lowest BCUT2D eigenvalue weighted by atomic mass is 10.1. The molecule has 0 saturated carbocycles. The molecule has 4 rings (SSSR count). The van der Waals surface area contributed by atoms with Crippen LogP contribution < -0.4 is 14.4 Å². The molecule has 3 aromatic rings. The molecule has 10 nitrogen and oxygen atoms in total. The predicted molar refractivity (Wildman–Crippen MR) is 140 cm³/mol. The minimum absolute atomic E-state index is 0.0595. The van der Waals surface area contributed by atoms with Gasteiger partial charge in [0.15, 0.2) is 16.9 Å². The second-order valence-corrected chi connectivity index (χ2v) is 10.7. The van der Waals surface area contributed by atoms with Crippen molar-refractivity contribution in [2.24, 2.45) is 0 Å². The fraction of sp³-hybridized carbons (Fsp3) is 0.160. The number of nitro benzene ring substituents is 1. The Morgan fingerprint density at radius 3 is 2.49 bits per heavy atom. The summed E-state index contributed by atoms with van der Waals surface area (Å²) < 4.78 is 38.5. The van der Waals surface area contributed by atoms with Gasteiger partial charge in [0.2, 0.25) is 9.84 Å². The van der Waals surface area contributed by atoms with Crippen LogP contribution in [0.25, 0.3) is 6.08 Å². The summed E-state index contributed by atoms with van der Waals surface area (Å²) in [4.78, 5) is 25.0. The van der Waals surface area contributed by atoms with E-state index in [-0.39, 0.29) is 38.5 Å². The predicted octanol–water partition coefficient (Wildman–Crippen LogP) is 4.97. The maximum Gasteiger partial charge on any atom is 0.271 e. The maximum atomic E-state index is 13.8. The van der Waals surface area contributed by atoms with Crippen LogP contribution in [0.15, 0.2) is 70.0 Å². The Morgan fingerprint density at radius 2 is 1.86 bits per heavy atom. The Morgan fingerprint density at radius 1 is 1.16 bits per heavy atom. The lowest BCUT2D eigenvalue weighted by Gasteiger charge is -2.23. The first-order valence-corrected chi connectivity index (χ1v) is 13.2. The number of nitro groups is 1. The molecule has 1 aliphatic rings. The number of carbonyl (C=O) groups is 1. The number of halogens is 1. The van der Waals surface area contributed by atoms with E-state index < -0.39 is 30.9 Å². The average Bonchev–Trinajstić information content (AvgIpc) is 3.07. The van der Waals surface area contributed by atoms with E-state index >= 15 is 0 Å². The Balaban J connectivity index is 1.91. The summed E-state index contributed by atoms with van der Waals surface area (Å²) in [7, 11) is -3.03. The highest BCUT2D eigenvalue weighted by atomic mass is 79.9. The number of phenols is 1. The number of anilines is 1. The SMILES string of the molecule is CCOc1ccc(N2C(=O)/C(=C\c3cc(Br)c(O)c(OC)c3)S(=O)(=O)[C@@H]2c2cccc([N+](=O)[O-])c2)cc1. The van der Waals surface area contributed by atoms with Crippen LogP contribution in [0.2, 0.25) is 0 Å². The molecule has 1 aliphatic heterocycles. The number of phenolic OH excluding ortho intramolecular Hbond substituents is 1. The number of amides is 1. The molecule has 0 unspecified atom stereocenters. The fourth-order valence-electron chi connectivity index (χ4n) is 3.98. The molecule has 1 fully saturated rings. The number of non-ortho nitro benzene ring substituents is 1. The van der Waals surface area contributed by atoms with Gasteiger partial charge in [-0.15, -0.1) is 0 Å². The van der Waals surface area contributed by atoms with E-state index in [0.717, 1.165) is 11.0 Å². The lowest BCUT2D eigenvalue weighted by Crippen LogP contribution is -2.29. The summed E-state index contributed by atoms with van der Waals surface area (Å²) in [6, 6.07) is 14.3. The molecule has 3 aromatic carbocycles. The van der Waals surface area contributed by atoms with Crippen LogP contribution in [-0.2, 0) is 14.6 Å². The number of benzene rings is 3. The first-order valence-electron chi connectivity index (χ1n) is 10.9. The van der Waals surface area contributed by atoms with Gasteiger partial charge in [0.05, 0.1) is 23.1 Å². The molecule has 12 heteroatoms. The third-order valence-corrected chi connectivity index (χ3v) is 8.21. The van der Waals surface area contributed by atoms with Crippen molar-refractivity contribution in [2.45, 2.75) is 12.3 Å². The molecule has 192 valence electrons. The molecular weight excluding hydrogens is 568 g/mol. The van der Waals surface area contributed by atoms with E-state index in [1.165, 1.54) is 43.5 Å². The Hall–Kier alpha value is -3.90. The zero-order valence-corrected chi connectivity index (χ0v) is 22.0. The summed E-state index contributed by atoms with van der Waals surface area (Å²) in [5.41, 5.74) is 0.293. The number of hydrogen-bond donors (Lipinski definition) is 1. The van der Waals surface area contributed by atoms with Crippen molar-refractivity contribution in [1.82, 2.24) is 0 Å². The van der Waals surface area contributed by atoms with E-state index in [4.69, 9.17) is 9.47 Å². The topological polar surface area (TPSA) is 136 Å². The Kier molecular flexibility index (Phi) is 7.23. The molecular formula is C25H21BrN2O8S. The zero-order valence-electron chi connectivity index (χ0n) is 19.6. The van der Waals surface area contributed by atoms with Gasteiger partial charge < -0.3 is 14.6 Å². The van der Waals surface area contributed by atoms with Gasteiger partial charge in [0.25, 0.3) is 11.6 Å². The number of ether oxygens (including phenoxy) is 2.